The SMILES string of the molecule is COc1ccccc1CC1CCCN1C(=O)CC1COCCN1. The molecule has 2 saturated heterocycles. The van der Waals surface area contributed by atoms with Crippen LogP contribution in [0, 0.1) is 0 Å². The molecule has 0 aliphatic carbocycles. The second kappa shape index (κ2) is 7.79. The Bertz CT molecular complexity index is 529. The fourth-order valence-corrected chi connectivity index (χ4v) is 3.58. The molecule has 2 unspecified atom stereocenters. The summed E-state index contributed by atoms with van der Waals surface area (Å²) >= 11 is 0. The van der Waals surface area contributed by atoms with Crippen molar-refractivity contribution in [2.75, 3.05) is 33.4 Å². The fourth-order valence-electron chi connectivity index (χ4n) is 3.58. The summed E-state index contributed by atoms with van der Waals surface area (Å²) < 4.78 is 10.9. The van der Waals surface area contributed by atoms with Crippen LogP contribution in [-0.2, 0) is 16.0 Å². The van der Waals surface area contributed by atoms with E-state index in [2.05, 4.69) is 16.3 Å². The summed E-state index contributed by atoms with van der Waals surface area (Å²) in [5.41, 5.74) is 1.18. The van der Waals surface area contributed by atoms with Gasteiger partial charge in [-0.15, -0.1) is 0 Å². The monoisotopic (exact) mass is 318 g/mol. The van der Waals surface area contributed by atoms with Crippen LogP contribution in [0.5, 0.6) is 5.75 Å². The number of carbonyl (C=O) groups is 1. The van der Waals surface area contributed by atoms with Crippen LogP contribution in [0.15, 0.2) is 24.3 Å². The Balaban J connectivity index is 1.61. The number of amides is 1. The summed E-state index contributed by atoms with van der Waals surface area (Å²) in [5.74, 6) is 1.15. The summed E-state index contributed by atoms with van der Waals surface area (Å²) in [6.45, 7) is 3.08. The molecule has 1 N–H and O–H groups in total. The number of carbonyl (C=O) groups excluding carboxylic acids is 1. The van der Waals surface area contributed by atoms with Gasteiger partial charge in [0.05, 0.1) is 20.3 Å². The van der Waals surface area contributed by atoms with E-state index in [-0.39, 0.29) is 18.0 Å². The van der Waals surface area contributed by atoms with Gasteiger partial charge < -0.3 is 19.7 Å². The van der Waals surface area contributed by atoms with Crippen LogP contribution in [0.25, 0.3) is 0 Å². The zero-order valence-electron chi connectivity index (χ0n) is 13.8. The number of benzene rings is 1. The van der Waals surface area contributed by atoms with E-state index in [9.17, 15) is 4.79 Å². The van der Waals surface area contributed by atoms with Gasteiger partial charge in [-0.05, 0) is 30.9 Å². The predicted octanol–water partition coefficient (Wildman–Crippen LogP) is 1.61. The van der Waals surface area contributed by atoms with Gasteiger partial charge in [0, 0.05) is 31.6 Å². The summed E-state index contributed by atoms with van der Waals surface area (Å²) in [7, 11) is 1.70. The first-order chi connectivity index (χ1) is 11.3. The number of hydrogen-bond acceptors (Lipinski definition) is 4. The Morgan fingerprint density at radius 3 is 3.09 bits per heavy atom. The van der Waals surface area contributed by atoms with E-state index in [4.69, 9.17) is 9.47 Å². The number of methoxy groups -OCH3 is 1. The first-order valence-electron chi connectivity index (χ1n) is 8.50. The quantitative estimate of drug-likeness (QED) is 0.896. The van der Waals surface area contributed by atoms with Crippen molar-refractivity contribution in [3.05, 3.63) is 29.8 Å². The lowest BCUT2D eigenvalue weighted by molar-refractivity contribution is -0.133. The highest BCUT2D eigenvalue weighted by Crippen LogP contribution is 2.26. The topological polar surface area (TPSA) is 50.8 Å². The van der Waals surface area contributed by atoms with Crippen molar-refractivity contribution in [3.8, 4) is 5.75 Å². The van der Waals surface area contributed by atoms with Crippen LogP contribution in [0.1, 0.15) is 24.8 Å². The van der Waals surface area contributed by atoms with Crippen LogP contribution in [0.2, 0.25) is 0 Å². The fraction of sp³-hybridized carbons (Fsp3) is 0.611. The molecule has 23 heavy (non-hydrogen) atoms. The number of ether oxygens (including phenoxy) is 2. The van der Waals surface area contributed by atoms with Crippen LogP contribution < -0.4 is 10.1 Å². The molecule has 1 amide bonds. The molecule has 0 aromatic heterocycles. The zero-order chi connectivity index (χ0) is 16.1. The normalized spacial score (nSPS) is 24.7. The standard InChI is InChI=1S/C18H26N2O3/c1-22-17-7-3-2-5-14(17)11-16-6-4-9-20(16)18(21)12-15-13-23-10-8-19-15/h2-3,5,7,15-16,19H,4,6,8-13H2,1H3. The molecular weight excluding hydrogens is 292 g/mol. The second-order valence-electron chi connectivity index (χ2n) is 6.33. The molecule has 0 bridgehead atoms. The van der Waals surface area contributed by atoms with E-state index in [0.29, 0.717) is 13.0 Å². The molecule has 0 radical (unpaired) electrons. The van der Waals surface area contributed by atoms with Gasteiger partial charge in [-0.25, -0.2) is 0 Å². The molecule has 5 nitrogen and oxygen atoms in total. The van der Waals surface area contributed by atoms with E-state index in [1.165, 1.54) is 5.56 Å². The maximum atomic E-state index is 12.7. The molecule has 3 rings (SSSR count). The van der Waals surface area contributed by atoms with Crippen molar-refractivity contribution < 1.29 is 14.3 Å². The number of nitrogens with zero attached hydrogens (tertiary/aromatic N) is 1. The highest BCUT2D eigenvalue weighted by atomic mass is 16.5. The van der Waals surface area contributed by atoms with Crippen molar-refractivity contribution >= 4 is 5.91 Å². The Kier molecular flexibility index (Phi) is 5.51. The summed E-state index contributed by atoms with van der Waals surface area (Å²) in [4.78, 5) is 14.7. The summed E-state index contributed by atoms with van der Waals surface area (Å²) in [5, 5.41) is 3.36. The van der Waals surface area contributed by atoms with Crippen molar-refractivity contribution in [2.24, 2.45) is 0 Å². The molecule has 0 saturated carbocycles. The minimum absolute atomic E-state index is 0.156. The molecule has 2 aliphatic heterocycles. The largest absolute Gasteiger partial charge is 0.496 e. The Hall–Kier alpha value is -1.59. The minimum Gasteiger partial charge on any atom is -0.496 e. The van der Waals surface area contributed by atoms with Gasteiger partial charge in [0.1, 0.15) is 5.75 Å². The lowest BCUT2D eigenvalue weighted by Crippen LogP contribution is -2.46. The summed E-state index contributed by atoms with van der Waals surface area (Å²) in [6.07, 6.45) is 3.55. The molecule has 2 heterocycles. The van der Waals surface area contributed by atoms with Crippen molar-refractivity contribution in [2.45, 2.75) is 37.8 Å². The van der Waals surface area contributed by atoms with Crippen molar-refractivity contribution in [1.29, 1.82) is 0 Å². The average Bonchev–Trinajstić information content (AvgIpc) is 3.04. The van der Waals surface area contributed by atoms with E-state index >= 15 is 0 Å². The molecule has 0 spiro atoms. The number of likely N-dealkylation sites (tertiary alicyclic amines) is 1. The molecular formula is C18H26N2O3. The van der Waals surface area contributed by atoms with E-state index in [0.717, 1.165) is 44.7 Å². The molecule has 1 aromatic carbocycles. The molecule has 2 atom stereocenters. The third-order valence-electron chi connectivity index (χ3n) is 4.77. The predicted molar refractivity (Wildman–Crippen MR) is 88.7 cm³/mol. The van der Waals surface area contributed by atoms with Crippen LogP contribution in [-0.4, -0.2) is 56.3 Å². The van der Waals surface area contributed by atoms with Crippen molar-refractivity contribution in [1.82, 2.24) is 10.2 Å². The smallest absolute Gasteiger partial charge is 0.224 e. The third-order valence-corrected chi connectivity index (χ3v) is 4.77. The molecule has 1 aromatic rings. The highest BCUT2D eigenvalue weighted by molar-refractivity contribution is 5.77. The molecule has 2 fully saturated rings. The number of nitrogens with one attached hydrogen (secondary N) is 1. The third kappa shape index (κ3) is 4.03. The highest BCUT2D eigenvalue weighted by Gasteiger charge is 2.31. The van der Waals surface area contributed by atoms with E-state index in [1.807, 2.05) is 18.2 Å². The van der Waals surface area contributed by atoms with Crippen LogP contribution in [0.4, 0.5) is 0 Å². The number of rotatable bonds is 5. The van der Waals surface area contributed by atoms with Gasteiger partial charge in [0.2, 0.25) is 5.91 Å². The molecule has 2 aliphatic rings. The maximum Gasteiger partial charge on any atom is 0.224 e. The van der Waals surface area contributed by atoms with Gasteiger partial charge in [-0.1, -0.05) is 18.2 Å². The minimum atomic E-state index is 0.156. The first-order valence-corrected chi connectivity index (χ1v) is 8.50. The maximum absolute atomic E-state index is 12.7. The van der Waals surface area contributed by atoms with Gasteiger partial charge in [0.15, 0.2) is 0 Å². The van der Waals surface area contributed by atoms with Gasteiger partial charge >= 0.3 is 0 Å². The number of hydrogen-bond donors (Lipinski definition) is 1. The van der Waals surface area contributed by atoms with Gasteiger partial charge in [-0.3, -0.25) is 4.79 Å². The van der Waals surface area contributed by atoms with Crippen LogP contribution >= 0.6 is 0 Å². The first kappa shape index (κ1) is 16.3. The average molecular weight is 318 g/mol. The second-order valence-corrected chi connectivity index (χ2v) is 6.33. The number of morpholine rings is 1. The Morgan fingerprint density at radius 2 is 2.30 bits per heavy atom. The van der Waals surface area contributed by atoms with Crippen molar-refractivity contribution in [3.63, 3.8) is 0 Å². The van der Waals surface area contributed by atoms with Crippen LogP contribution in [0.3, 0.4) is 0 Å². The zero-order valence-corrected chi connectivity index (χ0v) is 13.8. The molecule has 5 heteroatoms. The lowest BCUT2D eigenvalue weighted by atomic mass is 10.0. The number of para-hydroxylation sites is 1. The Morgan fingerprint density at radius 1 is 1.43 bits per heavy atom. The lowest BCUT2D eigenvalue weighted by Gasteiger charge is -2.29. The van der Waals surface area contributed by atoms with Gasteiger partial charge in [0.25, 0.3) is 0 Å². The molecule has 126 valence electrons. The van der Waals surface area contributed by atoms with E-state index in [1.54, 1.807) is 7.11 Å². The van der Waals surface area contributed by atoms with E-state index < -0.39 is 0 Å². The van der Waals surface area contributed by atoms with Gasteiger partial charge in [-0.2, -0.15) is 0 Å². The Labute approximate surface area is 137 Å². The summed E-state index contributed by atoms with van der Waals surface area (Å²) in [6, 6.07) is 8.53.